The number of thioether (sulfide) groups is 1. The molecule has 2 aromatic rings. The standard InChI is InChI=1S/C22H26N2O2S/c1-2-3-4-7-13-23-22(26)18-10-8-9-17(14-18)15-24-19-11-5-6-12-20(19)27-16-21(24)25/h5-6,8-12,14H,2-4,7,13,15-16H2,1H3,(H,23,26). The van der Waals surface area contributed by atoms with Gasteiger partial charge in [-0.1, -0.05) is 50.5 Å². The van der Waals surface area contributed by atoms with Crippen LogP contribution in [-0.4, -0.2) is 24.1 Å². The lowest BCUT2D eigenvalue weighted by Crippen LogP contribution is -2.34. The van der Waals surface area contributed by atoms with Crippen LogP contribution < -0.4 is 10.2 Å². The quantitative estimate of drug-likeness (QED) is 0.677. The molecule has 0 saturated carbocycles. The van der Waals surface area contributed by atoms with Crippen LogP contribution in [0.4, 0.5) is 5.69 Å². The van der Waals surface area contributed by atoms with Crippen molar-refractivity contribution in [1.29, 1.82) is 0 Å². The highest BCUT2D eigenvalue weighted by Gasteiger charge is 2.24. The van der Waals surface area contributed by atoms with E-state index in [-0.39, 0.29) is 11.8 Å². The van der Waals surface area contributed by atoms with E-state index >= 15 is 0 Å². The summed E-state index contributed by atoms with van der Waals surface area (Å²) in [6.07, 6.45) is 4.54. The largest absolute Gasteiger partial charge is 0.352 e. The minimum Gasteiger partial charge on any atom is -0.352 e. The van der Waals surface area contributed by atoms with Crippen LogP contribution in [0.2, 0.25) is 0 Å². The summed E-state index contributed by atoms with van der Waals surface area (Å²) in [4.78, 5) is 27.8. The molecule has 0 bridgehead atoms. The van der Waals surface area contributed by atoms with Crippen molar-refractivity contribution < 1.29 is 9.59 Å². The monoisotopic (exact) mass is 382 g/mol. The predicted molar refractivity (Wildman–Crippen MR) is 111 cm³/mol. The number of fused-ring (bicyclic) bond motifs is 1. The zero-order valence-corrected chi connectivity index (χ0v) is 16.6. The summed E-state index contributed by atoms with van der Waals surface area (Å²) in [7, 11) is 0. The Morgan fingerprint density at radius 3 is 2.81 bits per heavy atom. The van der Waals surface area contributed by atoms with Crippen molar-refractivity contribution in [3.63, 3.8) is 0 Å². The summed E-state index contributed by atoms with van der Waals surface area (Å²) in [5.74, 6) is 0.508. The Labute approximate surface area is 165 Å². The van der Waals surface area contributed by atoms with Crippen molar-refractivity contribution in [1.82, 2.24) is 5.32 Å². The van der Waals surface area contributed by atoms with Crippen molar-refractivity contribution in [2.45, 2.75) is 44.0 Å². The number of nitrogens with one attached hydrogen (secondary N) is 1. The van der Waals surface area contributed by atoms with E-state index in [0.29, 0.717) is 24.4 Å². The number of benzene rings is 2. The molecule has 0 saturated heterocycles. The van der Waals surface area contributed by atoms with Gasteiger partial charge in [0.2, 0.25) is 5.91 Å². The molecule has 5 heteroatoms. The van der Waals surface area contributed by atoms with Crippen LogP contribution in [0.15, 0.2) is 53.4 Å². The molecule has 1 heterocycles. The Hall–Kier alpha value is -2.27. The number of rotatable bonds is 8. The van der Waals surface area contributed by atoms with Crippen LogP contribution in [0, 0.1) is 0 Å². The van der Waals surface area contributed by atoms with Crippen LogP contribution >= 0.6 is 11.8 Å². The maximum absolute atomic E-state index is 12.4. The van der Waals surface area contributed by atoms with E-state index in [0.717, 1.165) is 29.0 Å². The average Bonchev–Trinajstić information content (AvgIpc) is 2.70. The van der Waals surface area contributed by atoms with E-state index in [1.54, 1.807) is 11.8 Å². The van der Waals surface area contributed by atoms with Crippen molar-refractivity contribution in [3.05, 3.63) is 59.7 Å². The number of hydrogen-bond acceptors (Lipinski definition) is 3. The second kappa shape index (κ2) is 9.60. The molecule has 0 unspecified atom stereocenters. The SMILES string of the molecule is CCCCCCNC(=O)c1cccc(CN2C(=O)CSc3ccccc32)c1. The summed E-state index contributed by atoms with van der Waals surface area (Å²) in [5, 5.41) is 2.99. The number of unbranched alkanes of at least 4 members (excludes halogenated alkanes) is 3. The maximum Gasteiger partial charge on any atom is 0.251 e. The van der Waals surface area contributed by atoms with Crippen LogP contribution in [-0.2, 0) is 11.3 Å². The molecule has 2 amide bonds. The first-order valence-corrected chi connectivity index (χ1v) is 10.6. The molecular weight excluding hydrogens is 356 g/mol. The fourth-order valence-corrected chi connectivity index (χ4v) is 4.11. The molecule has 1 N–H and O–H groups in total. The minimum atomic E-state index is -0.0470. The summed E-state index contributed by atoms with van der Waals surface area (Å²) in [6.45, 7) is 3.36. The normalized spacial score (nSPS) is 13.4. The lowest BCUT2D eigenvalue weighted by Gasteiger charge is -2.29. The van der Waals surface area contributed by atoms with E-state index in [9.17, 15) is 9.59 Å². The number of hydrogen-bond donors (Lipinski definition) is 1. The van der Waals surface area contributed by atoms with Crippen molar-refractivity contribution in [3.8, 4) is 0 Å². The first kappa shape index (κ1) is 19.5. The van der Waals surface area contributed by atoms with Gasteiger partial charge in [-0.3, -0.25) is 9.59 Å². The van der Waals surface area contributed by atoms with Crippen LogP contribution in [0.1, 0.15) is 48.5 Å². The number of para-hydroxylation sites is 1. The Bertz CT molecular complexity index is 806. The second-order valence-corrected chi connectivity index (χ2v) is 7.77. The highest BCUT2D eigenvalue weighted by molar-refractivity contribution is 8.00. The average molecular weight is 383 g/mol. The van der Waals surface area contributed by atoms with E-state index in [1.807, 2.05) is 53.4 Å². The van der Waals surface area contributed by atoms with Gasteiger partial charge in [-0.05, 0) is 36.2 Å². The molecular formula is C22H26N2O2S. The zero-order chi connectivity index (χ0) is 19.1. The molecule has 27 heavy (non-hydrogen) atoms. The van der Waals surface area contributed by atoms with Crippen molar-refractivity contribution >= 4 is 29.3 Å². The highest BCUT2D eigenvalue weighted by atomic mass is 32.2. The lowest BCUT2D eigenvalue weighted by atomic mass is 10.1. The summed E-state index contributed by atoms with van der Waals surface area (Å²) in [6, 6.07) is 15.5. The van der Waals surface area contributed by atoms with Gasteiger partial charge >= 0.3 is 0 Å². The molecule has 3 rings (SSSR count). The molecule has 2 aromatic carbocycles. The molecule has 0 aromatic heterocycles. The number of nitrogens with zero attached hydrogens (tertiary/aromatic N) is 1. The maximum atomic E-state index is 12.4. The Morgan fingerprint density at radius 2 is 1.96 bits per heavy atom. The molecule has 0 fully saturated rings. The molecule has 0 atom stereocenters. The number of anilines is 1. The van der Waals surface area contributed by atoms with Gasteiger partial charge in [0.15, 0.2) is 0 Å². The van der Waals surface area contributed by atoms with Crippen LogP contribution in [0.5, 0.6) is 0 Å². The van der Waals surface area contributed by atoms with Crippen LogP contribution in [0.25, 0.3) is 0 Å². The topological polar surface area (TPSA) is 49.4 Å². The van der Waals surface area contributed by atoms with Gasteiger partial charge in [0, 0.05) is 17.0 Å². The first-order chi connectivity index (χ1) is 13.2. The fraction of sp³-hybridized carbons (Fsp3) is 0.364. The number of carbonyl (C=O) groups is 2. The fourth-order valence-electron chi connectivity index (χ4n) is 3.18. The zero-order valence-electron chi connectivity index (χ0n) is 15.7. The molecule has 142 valence electrons. The Balaban J connectivity index is 1.66. The molecule has 0 spiro atoms. The second-order valence-electron chi connectivity index (χ2n) is 6.75. The summed E-state index contributed by atoms with van der Waals surface area (Å²) >= 11 is 1.58. The van der Waals surface area contributed by atoms with E-state index in [1.165, 1.54) is 12.8 Å². The van der Waals surface area contributed by atoms with Crippen molar-refractivity contribution in [2.24, 2.45) is 0 Å². The van der Waals surface area contributed by atoms with Gasteiger partial charge in [-0.15, -0.1) is 11.8 Å². The summed E-state index contributed by atoms with van der Waals surface area (Å²) in [5.41, 5.74) is 2.56. The Kier molecular flexibility index (Phi) is 6.93. The van der Waals surface area contributed by atoms with Gasteiger partial charge in [0.25, 0.3) is 5.91 Å². The Morgan fingerprint density at radius 1 is 1.11 bits per heavy atom. The molecule has 4 nitrogen and oxygen atoms in total. The first-order valence-electron chi connectivity index (χ1n) is 9.58. The van der Waals surface area contributed by atoms with Gasteiger partial charge in [-0.2, -0.15) is 0 Å². The van der Waals surface area contributed by atoms with Crippen molar-refractivity contribution in [2.75, 3.05) is 17.2 Å². The van der Waals surface area contributed by atoms with E-state index in [2.05, 4.69) is 12.2 Å². The molecule has 1 aliphatic heterocycles. The predicted octanol–water partition coefficient (Wildman–Crippen LogP) is 4.64. The highest BCUT2D eigenvalue weighted by Crippen LogP contribution is 2.35. The van der Waals surface area contributed by atoms with E-state index < -0.39 is 0 Å². The van der Waals surface area contributed by atoms with E-state index in [4.69, 9.17) is 0 Å². The van der Waals surface area contributed by atoms with Gasteiger partial charge in [0.1, 0.15) is 0 Å². The van der Waals surface area contributed by atoms with Gasteiger partial charge < -0.3 is 10.2 Å². The molecule has 1 aliphatic rings. The molecule has 0 aliphatic carbocycles. The number of amides is 2. The molecule has 0 radical (unpaired) electrons. The minimum absolute atomic E-state index is 0.0470. The van der Waals surface area contributed by atoms with Gasteiger partial charge in [-0.25, -0.2) is 0 Å². The third kappa shape index (κ3) is 5.13. The third-order valence-corrected chi connectivity index (χ3v) is 5.70. The smallest absolute Gasteiger partial charge is 0.251 e. The number of carbonyl (C=O) groups excluding carboxylic acids is 2. The third-order valence-electron chi connectivity index (χ3n) is 4.65. The lowest BCUT2D eigenvalue weighted by molar-refractivity contribution is -0.116. The van der Waals surface area contributed by atoms with Gasteiger partial charge in [0.05, 0.1) is 18.0 Å². The van der Waals surface area contributed by atoms with Crippen LogP contribution in [0.3, 0.4) is 0 Å². The summed E-state index contributed by atoms with van der Waals surface area (Å²) < 4.78 is 0.